The van der Waals surface area contributed by atoms with Crippen molar-refractivity contribution in [2.75, 3.05) is 13.7 Å². The van der Waals surface area contributed by atoms with Crippen LogP contribution in [0.2, 0.25) is 0 Å². The van der Waals surface area contributed by atoms with Gasteiger partial charge in [-0.05, 0) is 44.0 Å². The lowest BCUT2D eigenvalue weighted by Gasteiger charge is -2.14. The van der Waals surface area contributed by atoms with Gasteiger partial charge in [0.25, 0.3) is 0 Å². The fraction of sp³-hybridized carbons (Fsp3) is 0.368. The summed E-state index contributed by atoms with van der Waals surface area (Å²) in [5.41, 5.74) is 3.94. The van der Waals surface area contributed by atoms with Crippen LogP contribution in [0.15, 0.2) is 35.4 Å². The molecule has 0 aliphatic rings. The van der Waals surface area contributed by atoms with E-state index in [4.69, 9.17) is 4.74 Å². The molecule has 2 aromatic heterocycles. The fourth-order valence-electron chi connectivity index (χ4n) is 3.38. The molecule has 0 saturated heterocycles. The summed E-state index contributed by atoms with van der Waals surface area (Å²) in [6.45, 7) is 6.68. The number of fused-ring (bicyclic) bond motifs is 1. The summed E-state index contributed by atoms with van der Waals surface area (Å²) in [6, 6.07) is 7.42. The number of aryl methyl sites for hydroxylation is 3. The SMILES string of the molecule is COCCn1c(CNS(=O)(=O)c2c(C)cc(C)cc2C)nc2cccnc21. The molecule has 7 nitrogen and oxygen atoms in total. The van der Waals surface area contributed by atoms with E-state index in [0.29, 0.717) is 29.5 Å². The van der Waals surface area contributed by atoms with Crippen LogP contribution in [0.5, 0.6) is 0 Å². The van der Waals surface area contributed by atoms with E-state index in [9.17, 15) is 8.42 Å². The van der Waals surface area contributed by atoms with E-state index in [1.54, 1.807) is 13.3 Å². The second-order valence-electron chi connectivity index (χ2n) is 6.57. The number of hydrogen-bond acceptors (Lipinski definition) is 5. The number of imidazole rings is 1. The zero-order chi connectivity index (χ0) is 19.6. The van der Waals surface area contributed by atoms with Gasteiger partial charge in [0.1, 0.15) is 11.3 Å². The van der Waals surface area contributed by atoms with Crippen LogP contribution in [0.3, 0.4) is 0 Å². The Balaban J connectivity index is 1.92. The second kappa shape index (κ2) is 7.75. The Hall–Kier alpha value is -2.29. The van der Waals surface area contributed by atoms with Crippen LogP contribution in [-0.4, -0.2) is 36.7 Å². The number of rotatable bonds is 7. The molecule has 1 aromatic carbocycles. The smallest absolute Gasteiger partial charge is 0.241 e. The Bertz CT molecular complexity index is 1050. The van der Waals surface area contributed by atoms with E-state index >= 15 is 0 Å². The van der Waals surface area contributed by atoms with E-state index in [1.807, 2.05) is 49.6 Å². The molecule has 0 unspecified atom stereocenters. The molecule has 3 aromatic rings. The van der Waals surface area contributed by atoms with Gasteiger partial charge in [-0.1, -0.05) is 17.7 Å². The van der Waals surface area contributed by atoms with Crippen molar-refractivity contribution in [1.82, 2.24) is 19.3 Å². The lowest BCUT2D eigenvalue weighted by Crippen LogP contribution is -2.27. The monoisotopic (exact) mass is 388 g/mol. The first kappa shape index (κ1) is 19.5. The number of benzene rings is 1. The van der Waals surface area contributed by atoms with Gasteiger partial charge in [0.2, 0.25) is 10.0 Å². The number of ether oxygens (including phenoxy) is 1. The minimum Gasteiger partial charge on any atom is -0.383 e. The summed E-state index contributed by atoms with van der Waals surface area (Å²) in [4.78, 5) is 9.23. The Labute approximate surface area is 159 Å². The predicted molar refractivity (Wildman–Crippen MR) is 104 cm³/mol. The number of nitrogens with zero attached hydrogens (tertiary/aromatic N) is 3. The Morgan fingerprint density at radius 3 is 2.56 bits per heavy atom. The van der Waals surface area contributed by atoms with Crippen molar-refractivity contribution >= 4 is 21.2 Å². The van der Waals surface area contributed by atoms with Gasteiger partial charge >= 0.3 is 0 Å². The third-order valence-electron chi connectivity index (χ3n) is 4.40. The lowest BCUT2D eigenvalue weighted by molar-refractivity contribution is 0.187. The molecular formula is C19H24N4O3S. The van der Waals surface area contributed by atoms with E-state index in [0.717, 1.165) is 22.2 Å². The van der Waals surface area contributed by atoms with Crippen molar-refractivity contribution < 1.29 is 13.2 Å². The standard InChI is InChI=1S/C19H24N4O3S/c1-13-10-14(2)18(15(3)11-13)27(24,25)21-12-17-22-16-6-5-7-20-19(16)23(17)8-9-26-4/h5-7,10-11,21H,8-9,12H2,1-4H3. The van der Waals surface area contributed by atoms with Crippen molar-refractivity contribution in [2.45, 2.75) is 38.8 Å². The molecular weight excluding hydrogens is 364 g/mol. The highest BCUT2D eigenvalue weighted by Gasteiger charge is 2.21. The minimum absolute atomic E-state index is 0.0785. The first-order chi connectivity index (χ1) is 12.8. The maximum atomic E-state index is 12.9. The van der Waals surface area contributed by atoms with Crippen LogP contribution in [0.25, 0.3) is 11.2 Å². The van der Waals surface area contributed by atoms with Crippen LogP contribution in [0, 0.1) is 20.8 Å². The first-order valence-electron chi connectivity index (χ1n) is 8.70. The van der Waals surface area contributed by atoms with E-state index in [2.05, 4.69) is 14.7 Å². The fourth-order valence-corrected chi connectivity index (χ4v) is 4.81. The summed E-state index contributed by atoms with van der Waals surface area (Å²) in [6.07, 6.45) is 1.69. The third-order valence-corrected chi connectivity index (χ3v) is 6.10. The molecule has 0 aliphatic heterocycles. The number of pyridine rings is 1. The number of sulfonamides is 1. The summed E-state index contributed by atoms with van der Waals surface area (Å²) < 4.78 is 35.6. The molecule has 0 aliphatic carbocycles. The van der Waals surface area contributed by atoms with Crippen molar-refractivity contribution in [3.05, 3.63) is 53.0 Å². The quantitative estimate of drug-likeness (QED) is 0.672. The molecule has 0 radical (unpaired) electrons. The molecule has 0 spiro atoms. The van der Waals surface area contributed by atoms with Gasteiger partial charge in [0, 0.05) is 19.9 Å². The van der Waals surface area contributed by atoms with Gasteiger partial charge in [-0.2, -0.15) is 0 Å². The molecule has 0 bridgehead atoms. The number of methoxy groups -OCH3 is 1. The van der Waals surface area contributed by atoms with Crippen LogP contribution in [0.4, 0.5) is 0 Å². The topological polar surface area (TPSA) is 86.1 Å². The Morgan fingerprint density at radius 2 is 1.89 bits per heavy atom. The minimum atomic E-state index is -3.67. The third kappa shape index (κ3) is 4.02. The summed E-state index contributed by atoms with van der Waals surface area (Å²) >= 11 is 0. The van der Waals surface area contributed by atoms with E-state index in [1.165, 1.54) is 0 Å². The number of aromatic nitrogens is 3. The molecule has 0 amide bonds. The van der Waals surface area contributed by atoms with Crippen molar-refractivity contribution in [3.63, 3.8) is 0 Å². The van der Waals surface area contributed by atoms with Crippen LogP contribution >= 0.6 is 0 Å². The maximum Gasteiger partial charge on any atom is 0.241 e. The molecule has 0 saturated carbocycles. The summed E-state index contributed by atoms with van der Waals surface area (Å²) in [5.74, 6) is 0.603. The highest BCUT2D eigenvalue weighted by Crippen LogP contribution is 2.22. The zero-order valence-corrected chi connectivity index (χ0v) is 16.8. The van der Waals surface area contributed by atoms with Gasteiger partial charge in [0.15, 0.2) is 5.65 Å². The molecule has 1 N–H and O–H groups in total. The van der Waals surface area contributed by atoms with Gasteiger partial charge in [-0.25, -0.2) is 23.1 Å². The van der Waals surface area contributed by atoms with Crippen molar-refractivity contribution in [3.8, 4) is 0 Å². The first-order valence-corrected chi connectivity index (χ1v) is 10.2. The van der Waals surface area contributed by atoms with Crippen molar-refractivity contribution in [1.29, 1.82) is 0 Å². The Morgan fingerprint density at radius 1 is 1.19 bits per heavy atom. The largest absolute Gasteiger partial charge is 0.383 e. The average molecular weight is 388 g/mol. The van der Waals surface area contributed by atoms with Crippen LogP contribution < -0.4 is 4.72 Å². The van der Waals surface area contributed by atoms with Crippen LogP contribution in [-0.2, 0) is 27.8 Å². The number of nitrogens with one attached hydrogen (secondary N) is 1. The average Bonchev–Trinajstić information content (AvgIpc) is 2.94. The second-order valence-corrected chi connectivity index (χ2v) is 8.27. The van der Waals surface area contributed by atoms with Crippen LogP contribution in [0.1, 0.15) is 22.5 Å². The molecule has 27 heavy (non-hydrogen) atoms. The highest BCUT2D eigenvalue weighted by atomic mass is 32.2. The summed E-state index contributed by atoms with van der Waals surface area (Å²) in [7, 11) is -2.04. The molecule has 0 fully saturated rings. The van der Waals surface area contributed by atoms with Gasteiger partial charge in [-0.3, -0.25) is 0 Å². The Kier molecular flexibility index (Phi) is 5.59. The van der Waals surface area contributed by atoms with Crippen molar-refractivity contribution in [2.24, 2.45) is 0 Å². The molecule has 144 valence electrons. The van der Waals surface area contributed by atoms with E-state index < -0.39 is 10.0 Å². The van der Waals surface area contributed by atoms with Gasteiger partial charge in [-0.15, -0.1) is 0 Å². The zero-order valence-electron chi connectivity index (χ0n) is 16.0. The van der Waals surface area contributed by atoms with Gasteiger partial charge in [0.05, 0.1) is 18.0 Å². The predicted octanol–water partition coefficient (Wildman–Crippen LogP) is 2.48. The molecule has 0 atom stereocenters. The molecule has 8 heteroatoms. The normalized spacial score (nSPS) is 12.0. The highest BCUT2D eigenvalue weighted by molar-refractivity contribution is 7.89. The van der Waals surface area contributed by atoms with E-state index in [-0.39, 0.29) is 6.54 Å². The maximum absolute atomic E-state index is 12.9. The van der Waals surface area contributed by atoms with Gasteiger partial charge < -0.3 is 9.30 Å². The number of hydrogen-bond donors (Lipinski definition) is 1. The summed E-state index contributed by atoms with van der Waals surface area (Å²) in [5, 5.41) is 0. The molecule has 2 heterocycles. The molecule has 3 rings (SSSR count). The lowest BCUT2D eigenvalue weighted by atomic mass is 10.1.